The molecule has 0 unspecified atom stereocenters. The molecule has 0 spiro atoms. The second kappa shape index (κ2) is 4.40. The quantitative estimate of drug-likeness (QED) is 0.576. The van der Waals surface area contributed by atoms with Crippen LogP contribution in [0.15, 0.2) is 12.1 Å². The van der Waals surface area contributed by atoms with Crippen LogP contribution in [0.3, 0.4) is 0 Å². The molecule has 0 fully saturated rings. The maximum absolute atomic E-state index is 10.6. The molecule has 0 aliphatic rings. The molecule has 0 aliphatic heterocycles. The largest absolute Gasteiger partial charge is 0.497 e. The first-order chi connectivity index (χ1) is 5.69. The van der Waals surface area contributed by atoms with Crippen molar-refractivity contribution in [3.63, 3.8) is 0 Å². The predicted molar refractivity (Wildman–Crippen MR) is 63.8 cm³/mol. The Morgan fingerprint density at radius 2 is 1.83 bits per heavy atom. The monoisotopic (exact) mass is 388 g/mol. The van der Waals surface area contributed by atoms with Gasteiger partial charge >= 0.3 is 0 Å². The molecule has 1 aromatic rings. The number of carbonyl (C=O) groups is 1. The second-order valence-corrected chi connectivity index (χ2v) is 4.45. The number of rotatable bonds is 2. The van der Waals surface area contributed by atoms with Crippen molar-refractivity contribution in [2.75, 3.05) is 7.11 Å². The van der Waals surface area contributed by atoms with Crippen LogP contribution in [-0.2, 0) is 0 Å². The third kappa shape index (κ3) is 2.09. The third-order valence-corrected chi connectivity index (χ3v) is 3.19. The maximum Gasteiger partial charge on any atom is 0.152 e. The molecule has 0 saturated heterocycles. The lowest BCUT2D eigenvalue weighted by molar-refractivity contribution is 0.112. The van der Waals surface area contributed by atoms with Gasteiger partial charge in [-0.1, -0.05) is 0 Å². The second-order valence-electron chi connectivity index (χ2n) is 2.12. The van der Waals surface area contributed by atoms with Crippen LogP contribution in [0.2, 0.25) is 0 Å². The van der Waals surface area contributed by atoms with Crippen molar-refractivity contribution < 1.29 is 9.53 Å². The van der Waals surface area contributed by atoms with Crippen molar-refractivity contribution in [2.45, 2.75) is 0 Å². The Bertz CT molecular complexity index is 287. The Hall–Kier alpha value is 0.150. The first kappa shape index (κ1) is 10.2. The lowest BCUT2D eigenvalue weighted by Crippen LogP contribution is -1.93. The number of halogens is 2. The third-order valence-electron chi connectivity index (χ3n) is 1.41. The fraction of sp³-hybridized carbons (Fsp3) is 0.125. The normalized spacial score (nSPS) is 9.58. The topological polar surface area (TPSA) is 26.3 Å². The van der Waals surface area contributed by atoms with E-state index in [1.54, 1.807) is 7.11 Å². The highest BCUT2D eigenvalue weighted by molar-refractivity contribution is 14.1. The minimum Gasteiger partial charge on any atom is -0.497 e. The average Bonchev–Trinajstić information content (AvgIpc) is 2.03. The number of hydrogen-bond acceptors (Lipinski definition) is 2. The van der Waals surface area contributed by atoms with Gasteiger partial charge in [0.25, 0.3) is 0 Å². The van der Waals surface area contributed by atoms with Crippen LogP contribution >= 0.6 is 45.2 Å². The van der Waals surface area contributed by atoms with Gasteiger partial charge in [-0.3, -0.25) is 4.79 Å². The lowest BCUT2D eigenvalue weighted by atomic mass is 10.2. The van der Waals surface area contributed by atoms with Crippen LogP contribution in [0.4, 0.5) is 0 Å². The van der Waals surface area contributed by atoms with Crippen molar-refractivity contribution in [1.82, 2.24) is 0 Å². The summed E-state index contributed by atoms with van der Waals surface area (Å²) in [5.74, 6) is 0.786. The van der Waals surface area contributed by atoms with Gasteiger partial charge in [0.2, 0.25) is 0 Å². The number of ether oxygens (including phenoxy) is 1. The number of benzene rings is 1. The van der Waals surface area contributed by atoms with E-state index in [4.69, 9.17) is 4.74 Å². The summed E-state index contributed by atoms with van der Waals surface area (Å²) in [6, 6.07) is 3.68. The molecule has 0 amide bonds. The lowest BCUT2D eigenvalue weighted by Gasteiger charge is -2.04. The van der Waals surface area contributed by atoms with Crippen molar-refractivity contribution in [2.24, 2.45) is 0 Å². The summed E-state index contributed by atoms with van der Waals surface area (Å²) in [7, 11) is 1.61. The summed E-state index contributed by atoms with van der Waals surface area (Å²) in [6.07, 6.45) is 0.864. The Kier molecular flexibility index (Phi) is 3.76. The SMILES string of the molecule is COc1cc(I)c(C=O)c(I)c1. The number of methoxy groups -OCH3 is 1. The number of carbonyl (C=O) groups excluding carboxylic acids is 1. The van der Waals surface area contributed by atoms with E-state index in [9.17, 15) is 4.79 Å². The Balaban J connectivity index is 3.27. The van der Waals surface area contributed by atoms with E-state index in [1.807, 2.05) is 12.1 Å². The molecular formula is C8H6I2O2. The van der Waals surface area contributed by atoms with Gasteiger partial charge in [0, 0.05) is 12.7 Å². The van der Waals surface area contributed by atoms with Crippen molar-refractivity contribution in [3.8, 4) is 5.75 Å². The summed E-state index contributed by atoms with van der Waals surface area (Å²) in [5, 5.41) is 0. The summed E-state index contributed by atoms with van der Waals surface area (Å²) in [6.45, 7) is 0. The molecule has 0 atom stereocenters. The Morgan fingerprint density at radius 1 is 1.33 bits per heavy atom. The fourth-order valence-electron chi connectivity index (χ4n) is 0.791. The molecule has 0 radical (unpaired) electrons. The Labute approximate surface area is 98.0 Å². The first-order valence-electron chi connectivity index (χ1n) is 3.17. The van der Waals surface area contributed by atoms with Crippen LogP contribution in [0.5, 0.6) is 5.75 Å². The molecule has 0 aliphatic carbocycles. The van der Waals surface area contributed by atoms with Crippen LogP contribution in [0.1, 0.15) is 10.4 Å². The van der Waals surface area contributed by atoms with Crippen LogP contribution in [0.25, 0.3) is 0 Å². The summed E-state index contributed by atoms with van der Waals surface area (Å²) >= 11 is 4.24. The van der Waals surface area contributed by atoms with E-state index >= 15 is 0 Å². The molecule has 0 heterocycles. The fourth-order valence-corrected chi connectivity index (χ4v) is 2.76. The zero-order valence-corrected chi connectivity index (χ0v) is 10.6. The van der Waals surface area contributed by atoms with Crippen molar-refractivity contribution >= 4 is 51.5 Å². The highest BCUT2D eigenvalue weighted by atomic mass is 127. The first-order valence-corrected chi connectivity index (χ1v) is 5.33. The molecule has 12 heavy (non-hydrogen) atoms. The van der Waals surface area contributed by atoms with Crippen LogP contribution < -0.4 is 4.74 Å². The van der Waals surface area contributed by atoms with Gasteiger partial charge in [-0.25, -0.2) is 0 Å². The van der Waals surface area contributed by atoms with E-state index < -0.39 is 0 Å². The highest BCUT2D eigenvalue weighted by Crippen LogP contribution is 2.23. The smallest absolute Gasteiger partial charge is 0.152 e. The summed E-state index contributed by atoms with van der Waals surface area (Å²) in [4.78, 5) is 10.6. The molecule has 64 valence electrons. The molecule has 0 bridgehead atoms. The molecule has 0 aromatic heterocycles. The van der Waals surface area contributed by atoms with Crippen LogP contribution in [0, 0.1) is 7.14 Å². The zero-order chi connectivity index (χ0) is 9.14. The van der Waals surface area contributed by atoms with Gasteiger partial charge in [0.15, 0.2) is 6.29 Å². The average molecular weight is 388 g/mol. The molecule has 0 saturated carbocycles. The van der Waals surface area contributed by atoms with Gasteiger partial charge in [0.05, 0.1) is 7.11 Å². The molecule has 2 nitrogen and oxygen atoms in total. The molecule has 0 N–H and O–H groups in total. The van der Waals surface area contributed by atoms with Gasteiger partial charge in [0.1, 0.15) is 5.75 Å². The van der Waals surface area contributed by atoms with E-state index in [2.05, 4.69) is 45.2 Å². The van der Waals surface area contributed by atoms with Gasteiger partial charge < -0.3 is 4.74 Å². The number of aldehydes is 1. The van der Waals surface area contributed by atoms with E-state index in [0.717, 1.165) is 24.7 Å². The van der Waals surface area contributed by atoms with Crippen molar-refractivity contribution in [1.29, 1.82) is 0 Å². The molecular weight excluding hydrogens is 382 g/mol. The van der Waals surface area contributed by atoms with Gasteiger partial charge in [-0.15, -0.1) is 0 Å². The molecule has 4 heteroatoms. The molecule has 1 rings (SSSR count). The Morgan fingerprint density at radius 3 is 2.17 bits per heavy atom. The highest BCUT2D eigenvalue weighted by Gasteiger charge is 2.05. The van der Waals surface area contributed by atoms with Gasteiger partial charge in [-0.05, 0) is 57.3 Å². The summed E-state index contributed by atoms with van der Waals surface area (Å²) < 4.78 is 6.89. The number of hydrogen-bond donors (Lipinski definition) is 0. The van der Waals surface area contributed by atoms with E-state index in [1.165, 1.54) is 0 Å². The molecule has 1 aromatic carbocycles. The predicted octanol–water partition coefficient (Wildman–Crippen LogP) is 2.72. The van der Waals surface area contributed by atoms with Crippen LogP contribution in [-0.4, -0.2) is 13.4 Å². The van der Waals surface area contributed by atoms with E-state index in [-0.39, 0.29) is 0 Å². The van der Waals surface area contributed by atoms with Crippen molar-refractivity contribution in [3.05, 3.63) is 24.8 Å². The minimum atomic E-state index is 0.733. The zero-order valence-electron chi connectivity index (χ0n) is 6.30. The van der Waals surface area contributed by atoms with E-state index in [0.29, 0.717) is 0 Å². The maximum atomic E-state index is 10.6. The minimum absolute atomic E-state index is 0.733. The summed E-state index contributed by atoms with van der Waals surface area (Å²) in [5.41, 5.74) is 0.733. The van der Waals surface area contributed by atoms with Gasteiger partial charge in [-0.2, -0.15) is 0 Å². The standard InChI is InChI=1S/C8H6I2O2/c1-12-5-2-7(9)6(4-11)8(10)3-5/h2-4H,1H3.